The predicted molar refractivity (Wildman–Crippen MR) is 81.4 cm³/mol. The average Bonchev–Trinajstić information content (AvgIpc) is 2.48. The van der Waals surface area contributed by atoms with Crippen LogP contribution in [0.2, 0.25) is 5.02 Å². The van der Waals surface area contributed by atoms with Gasteiger partial charge in [-0.15, -0.1) is 0 Å². The molecule has 0 aromatic heterocycles. The summed E-state index contributed by atoms with van der Waals surface area (Å²) in [5.74, 6) is -0.0205. The maximum atomic E-state index is 11.7. The zero-order valence-corrected chi connectivity index (χ0v) is 13.0. The van der Waals surface area contributed by atoms with Crippen molar-refractivity contribution in [1.29, 1.82) is 5.26 Å². The van der Waals surface area contributed by atoms with Crippen molar-refractivity contribution in [1.82, 2.24) is 0 Å². The van der Waals surface area contributed by atoms with Crippen molar-refractivity contribution in [3.8, 4) is 17.6 Å². The Kier molecular flexibility index (Phi) is 5.20. The molecule has 6 heteroatoms. The number of hydrogen-bond donors (Lipinski definition) is 0. The number of benzene rings is 2. The molecule has 0 bridgehead atoms. The normalized spacial score (nSPS) is 9.76. The van der Waals surface area contributed by atoms with E-state index in [1.165, 1.54) is 0 Å². The van der Waals surface area contributed by atoms with Crippen molar-refractivity contribution < 1.29 is 14.3 Å². The maximum Gasteiger partial charge on any atom is 0.349 e. The van der Waals surface area contributed by atoms with Crippen LogP contribution in [0.15, 0.2) is 46.9 Å². The van der Waals surface area contributed by atoms with Crippen LogP contribution in [0.4, 0.5) is 0 Å². The number of ether oxygens (including phenoxy) is 2. The highest BCUT2D eigenvalue weighted by molar-refractivity contribution is 9.10. The summed E-state index contributed by atoms with van der Waals surface area (Å²) in [6, 6.07) is 13.5. The first-order chi connectivity index (χ1) is 10.1. The van der Waals surface area contributed by atoms with Crippen LogP contribution in [0.5, 0.6) is 11.5 Å². The second kappa shape index (κ2) is 7.11. The standard InChI is InChI=1S/C15H9BrClNO3/c16-11-5-6-14(12(17)7-11)21-15(19)9-20-13-4-2-1-3-10(13)8-18/h1-7H,9H2. The molecule has 2 aromatic rings. The molecule has 0 fully saturated rings. The van der Waals surface area contributed by atoms with Crippen molar-refractivity contribution in [3.05, 3.63) is 57.5 Å². The van der Waals surface area contributed by atoms with Gasteiger partial charge in [-0.1, -0.05) is 39.7 Å². The molecular weight excluding hydrogens is 358 g/mol. The number of nitriles is 1. The van der Waals surface area contributed by atoms with Crippen molar-refractivity contribution in [2.24, 2.45) is 0 Å². The number of para-hydroxylation sites is 1. The topological polar surface area (TPSA) is 59.3 Å². The Morgan fingerprint density at radius 3 is 2.71 bits per heavy atom. The molecule has 0 N–H and O–H groups in total. The van der Waals surface area contributed by atoms with E-state index in [4.69, 9.17) is 26.3 Å². The molecule has 0 saturated carbocycles. The smallest absolute Gasteiger partial charge is 0.349 e. The van der Waals surface area contributed by atoms with Crippen LogP contribution in [0.3, 0.4) is 0 Å². The van der Waals surface area contributed by atoms with E-state index in [1.54, 1.807) is 42.5 Å². The minimum Gasteiger partial charge on any atom is -0.481 e. The van der Waals surface area contributed by atoms with Gasteiger partial charge in [0, 0.05) is 4.47 Å². The highest BCUT2D eigenvalue weighted by Crippen LogP contribution is 2.27. The number of carbonyl (C=O) groups excluding carboxylic acids is 1. The Bertz CT molecular complexity index is 712. The van der Waals surface area contributed by atoms with Crippen LogP contribution in [-0.4, -0.2) is 12.6 Å². The second-order valence-corrected chi connectivity index (χ2v) is 5.27. The number of rotatable bonds is 4. The zero-order valence-electron chi connectivity index (χ0n) is 10.7. The predicted octanol–water partition coefficient (Wildman–Crippen LogP) is 3.96. The molecule has 0 heterocycles. The van der Waals surface area contributed by atoms with E-state index < -0.39 is 5.97 Å². The van der Waals surface area contributed by atoms with Crippen molar-refractivity contribution in [3.63, 3.8) is 0 Å². The first-order valence-electron chi connectivity index (χ1n) is 5.88. The van der Waals surface area contributed by atoms with E-state index in [1.807, 2.05) is 6.07 Å². The largest absolute Gasteiger partial charge is 0.481 e. The molecule has 2 rings (SSSR count). The molecule has 0 radical (unpaired) electrons. The minimum absolute atomic E-state index is 0.252. The first-order valence-corrected chi connectivity index (χ1v) is 7.05. The molecule has 21 heavy (non-hydrogen) atoms. The lowest BCUT2D eigenvalue weighted by molar-refractivity contribution is -0.136. The lowest BCUT2D eigenvalue weighted by Gasteiger charge is -2.09. The summed E-state index contributed by atoms with van der Waals surface area (Å²) in [4.78, 5) is 11.7. The van der Waals surface area contributed by atoms with Crippen LogP contribution in [-0.2, 0) is 4.79 Å². The van der Waals surface area contributed by atoms with Crippen molar-refractivity contribution in [2.45, 2.75) is 0 Å². The van der Waals surface area contributed by atoms with Gasteiger partial charge >= 0.3 is 5.97 Å². The molecule has 2 aromatic carbocycles. The number of carbonyl (C=O) groups is 1. The van der Waals surface area contributed by atoms with Crippen LogP contribution in [0.1, 0.15) is 5.56 Å². The lowest BCUT2D eigenvalue weighted by atomic mass is 10.2. The Labute approximate surface area is 135 Å². The number of hydrogen-bond acceptors (Lipinski definition) is 4. The van der Waals surface area contributed by atoms with E-state index in [0.717, 1.165) is 4.47 Å². The van der Waals surface area contributed by atoms with Gasteiger partial charge in [-0.2, -0.15) is 5.26 Å². The fourth-order valence-electron chi connectivity index (χ4n) is 1.53. The summed E-state index contributed by atoms with van der Waals surface area (Å²) in [6.07, 6.45) is 0. The molecule has 0 spiro atoms. The average molecular weight is 367 g/mol. The molecule has 0 aliphatic heterocycles. The van der Waals surface area contributed by atoms with Crippen molar-refractivity contribution in [2.75, 3.05) is 6.61 Å². The maximum absolute atomic E-state index is 11.7. The molecule has 0 saturated heterocycles. The Morgan fingerprint density at radius 1 is 1.24 bits per heavy atom. The summed E-state index contributed by atoms with van der Waals surface area (Å²) in [5.41, 5.74) is 0.354. The van der Waals surface area contributed by atoms with Crippen LogP contribution in [0, 0.1) is 11.3 Å². The third kappa shape index (κ3) is 4.22. The van der Waals surface area contributed by atoms with Crippen LogP contribution in [0.25, 0.3) is 0 Å². The van der Waals surface area contributed by atoms with E-state index >= 15 is 0 Å². The summed E-state index contributed by atoms with van der Waals surface area (Å²) in [6.45, 7) is -0.314. The summed E-state index contributed by atoms with van der Waals surface area (Å²) >= 11 is 9.21. The van der Waals surface area contributed by atoms with Gasteiger partial charge in [0.2, 0.25) is 0 Å². The molecule has 0 aliphatic rings. The van der Waals surface area contributed by atoms with Gasteiger partial charge in [0.1, 0.15) is 17.6 Å². The monoisotopic (exact) mass is 365 g/mol. The van der Waals surface area contributed by atoms with Crippen molar-refractivity contribution >= 4 is 33.5 Å². The molecule has 0 amide bonds. The first kappa shape index (κ1) is 15.4. The lowest BCUT2D eigenvalue weighted by Crippen LogP contribution is -2.18. The summed E-state index contributed by atoms with van der Waals surface area (Å²) < 4.78 is 11.2. The Balaban J connectivity index is 1.98. The molecule has 4 nitrogen and oxygen atoms in total. The number of halogens is 2. The molecule has 0 atom stereocenters. The Hall–Kier alpha value is -2.03. The Morgan fingerprint density at radius 2 is 2.00 bits per heavy atom. The minimum atomic E-state index is -0.605. The summed E-state index contributed by atoms with van der Waals surface area (Å²) in [7, 11) is 0. The zero-order chi connectivity index (χ0) is 15.2. The van der Waals surface area contributed by atoms with Gasteiger partial charge in [0.15, 0.2) is 6.61 Å². The van der Waals surface area contributed by atoms with Gasteiger partial charge in [-0.25, -0.2) is 4.79 Å². The second-order valence-electron chi connectivity index (χ2n) is 3.95. The van der Waals surface area contributed by atoms with Gasteiger partial charge in [-0.3, -0.25) is 0 Å². The molecular formula is C15H9BrClNO3. The third-order valence-corrected chi connectivity index (χ3v) is 3.26. The number of esters is 1. The molecule has 0 aliphatic carbocycles. The highest BCUT2D eigenvalue weighted by atomic mass is 79.9. The highest BCUT2D eigenvalue weighted by Gasteiger charge is 2.11. The van der Waals surface area contributed by atoms with E-state index in [2.05, 4.69) is 15.9 Å². The third-order valence-electron chi connectivity index (χ3n) is 2.47. The van der Waals surface area contributed by atoms with Gasteiger partial charge < -0.3 is 9.47 Å². The van der Waals surface area contributed by atoms with E-state index in [9.17, 15) is 4.79 Å². The van der Waals surface area contributed by atoms with Gasteiger partial charge in [0.05, 0.1) is 10.6 Å². The molecule has 0 unspecified atom stereocenters. The SMILES string of the molecule is N#Cc1ccccc1OCC(=O)Oc1ccc(Br)cc1Cl. The summed E-state index contributed by atoms with van der Waals surface area (Å²) in [5, 5.41) is 9.23. The van der Waals surface area contributed by atoms with E-state index in [-0.39, 0.29) is 12.4 Å². The van der Waals surface area contributed by atoms with Gasteiger partial charge in [-0.05, 0) is 30.3 Å². The molecule has 106 valence electrons. The van der Waals surface area contributed by atoms with Crippen LogP contribution < -0.4 is 9.47 Å². The fraction of sp³-hybridized carbons (Fsp3) is 0.0667. The van der Waals surface area contributed by atoms with Crippen LogP contribution >= 0.6 is 27.5 Å². The van der Waals surface area contributed by atoms with E-state index in [0.29, 0.717) is 16.3 Å². The fourth-order valence-corrected chi connectivity index (χ4v) is 2.24. The number of nitrogens with zero attached hydrogens (tertiary/aromatic N) is 1. The van der Waals surface area contributed by atoms with Gasteiger partial charge in [0.25, 0.3) is 0 Å². The quantitative estimate of drug-likeness (QED) is 0.607.